The van der Waals surface area contributed by atoms with Gasteiger partial charge in [-0.05, 0) is 65.2 Å². The van der Waals surface area contributed by atoms with Crippen LogP contribution < -0.4 is 10.1 Å². The Kier molecular flexibility index (Phi) is 7.48. The van der Waals surface area contributed by atoms with Crippen LogP contribution in [0.3, 0.4) is 0 Å². The zero-order valence-electron chi connectivity index (χ0n) is 21.8. The molecule has 9 nitrogen and oxygen atoms in total. The van der Waals surface area contributed by atoms with Crippen molar-refractivity contribution in [2.75, 3.05) is 0 Å². The minimum atomic E-state index is -1.06. The summed E-state index contributed by atoms with van der Waals surface area (Å²) in [4.78, 5) is 15.5. The van der Waals surface area contributed by atoms with Gasteiger partial charge in [-0.25, -0.2) is 4.79 Å². The SMILES string of the molecule is O=C(O)c1[nH]c2cc(Cl)ccc2c1C(NC1CCCCC1)c1nnnn1-c1ccc(OCc2ccccc2)cc1. The molecule has 5 aromatic rings. The van der Waals surface area contributed by atoms with E-state index in [0.29, 0.717) is 28.5 Å². The maximum absolute atomic E-state index is 12.4. The molecule has 1 aliphatic carbocycles. The number of benzene rings is 3. The number of ether oxygens (including phenoxy) is 1. The number of aromatic carboxylic acids is 1. The van der Waals surface area contributed by atoms with Crippen molar-refractivity contribution in [1.29, 1.82) is 0 Å². The van der Waals surface area contributed by atoms with Gasteiger partial charge in [-0.3, -0.25) is 0 Å². The number of carbonyl (C=O) groups is 1. The Morgan fingerprint density at radius 1 is 1.07 bits per heavy atom. The molecule has 0 aliphatic heterocycles. The Hall–Kier alpha value is -4.21. The third-order valence-electron chi connectivity index (χ3n) is 7.39. The number of tetrazole rings is 1. The quantitative estimate of drug-likeness (QED) is 0.201. The Morgan fingerprint density at radius 2 is 1.85 bits per heavy atom. The van der Waals surface area contributed by atoms with Crippen LogP contribution in [0.15, 0.2) is 72.8 Å². The van der Waals surface area contributed by atoms with E-state index in [1.54, 1.807) is 16.8 Å². The van der Waals surface area contributed by atoms with Crippen molar-refractivity contribution in [3.8, 4) is 11.4 Å². The van der Waals surface area contributed by atoms with Gasteiger partial charge in [0, 0.05) is 27.5 Å². The average Bonchev–Trinajstić information content (AvgIpc) is 3.61. The third kappa shape index (κ3) is 5.43. The molecule has 2 heterocycles. The molecule has 1 saturated carbocycles. The number of hydrogen-bond donors (Lipinski definition) is 3. The summed E-state index contributed by atoms with van der Waals surface area (Å²) in [5.74, 6) is 0.166. The number of halogens is 1. The predicted molar refractivity (Wildman–Crippen MR) is 152 cm³/mol. The van der Waals surface area contributed by atoms with E-state index in [1.165, 1.54) is 6.42 Å². The van der Waals surface area contributed by atoms with Crippen molar-refractivity contribution in [1.82, 2.24) is 30.5 Å². The maximum atomic E-state index is 12.4. The number of carboxylic acid groups (broad SMARTS) is 1. The van der Waals surface area contributed by atoms with Gasteiger partial charge in [-0.1, -0.05) is 67.3 Å². The lowest BCUT2D eigenvalue weighted by atomic mass is 9.93. The van der Waals surface area contributed by atoms with Gasteiger partial charge >= 0.3 is 5.97 Å². The fraction of sp³-hybridized carbons (Fsp3) is 0.267. The zero-order chi connectivity index (χ0) is 27.5. The number of nitrogens with one attached hydrogen (secondary N) is 2. The molecule has 1 fully saturated rings. The summed E-state index contributed by atoms with van der Waals surface area (Å²) in [6.07, 6.45) is 5.44. The highest BCUT2D eigenvalue weighted by atomic mass is 35.5. The number of rotatable bonds is 9. The molecular formula is C30H29ClN6O3. The van der Waals surface area contributed by atoms with Crippen molar-refractivity contribution >= 4 is 28.5 Å². The molecule has 0 bridgehead atoms. The van der Waals surface area contributed by atoms with E-state index in [0.717, 1.165) is 48.1 Å². The van der Waals surface area contributed by atoms with Gasteiger partial charge in [0.05, 0.1) is 11.7 Å². The van der Waals surface area contributed by atoms with Crippen LogP contribution in [0.4, 0.5) is 0 Å². The number of nitrogens with zero attached hydrogens (tertiary/aromatic N) is 4. The van der Waals surface area contributed by atoms with Crippen LogP contribution in [0.5, 0.6) is 5.75 Å². The van der Waals surface area contributed by atoms with E-state index in [9.17, 15) is 9.90 Å². The van der Waals surface area contributed by atoms with Crippen molar-refractivity contribution in [2.45, 2.75) is 50.8 Å². The molecule has 1 unspecified atom stereocenters. The second-order valence-corrected chi connectivity index (χ2v) is 10.5. The second-order valence-electron chi connectivity index (χ2n) is 10.1. The van der Waals surface area contributed by atoms with E-state index in [2.05, 4.69) is 25.8 Å². The molecule has 2 aromatic heterocycles. The molecule has 3 N–H and O–H groups in total. The predicted octanol–water partition coefficient (Wildman–Crippen LogP) is 6.09. The fourth-order valence-corrected chi connectivity index (χ4v) is 5.61. The summed E-state index contributed by atoms with van der Waals surface area (Å²) in [7, 11) is 0. The Bertz CT molecular complexity index is 1610. The Labute approximate surface area is 236 Å². The largest absolute Gasteiger partial charge is 0.489 e. The number of fused-ring (bicyclic) bond motifs is 1. The second kappa shape index (κ2) is 11.5. The van der Waals surface area contributed by atoms with Crippen LogP contribution >= 0.6 is 11.6 Å². The molecule has 6 rings (SSSR count). The molecule has 1 atom stereocenters. The number of H-pyrrole nitrogens is 1. The summed E-state index contributed by atoms with van der Waals surface area (Å²) in [5.41, 5.74) is 3.14. The van der Waals surface area contributed by atoms with Gasteiger partial charge in [0.2, 0.25) is 0 Å². The van der Waals surface area contributed by atoms with Gasteiger partial charge in [-0.2, -0.15) is 4.68 Å². The standard InChI is InChI=1S/C30H29ClN6O3/c31-20-11-16-24-25(17-20)33-28(30(38)39)26(24)27(32-21-9-5-2-6-10-21)29-34-35-36-37(29)22-12-14-23(15-13-22)40-18-19-7-3-1-4-8-19/h1,3-4,7-8,11-17,21,27,32-33H,2,5-6,9-10,18H2,(H,38,39). The fourth-order valence-electron chi connectivity index (χ4n) is 5.43. The van der Waals surface area contributed by atoms with Gasteiger partial charge in [0.1, 0.15) is 18.1 Å². The van der Waals surface area contributed by atoms with Crippen molar-refractivity contribution < 1.29 is 14.6 Å². The minimum Gasteiger partial charge on any atom is -0.489 e. The van der Waals surface area contributed by atoms with Gasteiger partial charge in [0.25, 0.3) is 0 Å². The highest BCUT2D eigenvalue weighted by Gasteiger charge is 2.32. The first-order valence-corrected chi connectivity index (χ1v) is 13.8. The number of aromatic nitrogens is 5. The number of hydrogen-bond acceptors (Lipinski definition) is 6. The van der Waals surface area contributed by atoms with Crippen molar-refractivity contribution in [3.05, 3.63) is 100 Å². The normalized spacial score (nSPS) is 14.8. The van der Waals surface area contributed by atoms with E-state index >= 15 is 0 Å². The molecular weight excluding hydrogens is 528 g/mol. The maximum Gasteiger partial charge on any atom is 0.352 e. The van der Waals surface area contributed by atoms with E-state index < -0.39 is 12.0 Å². The third-order valence-corrected chi connectivity index (χ3v) is 7.63. The molecule has 0 spiro atoms. The molecule has 204 valence electrons. The highest BCUT2D eigenvalue weighted by Crippen LogP contribution is 2.35. The Balaban J connectivity index is 1.37. The van der Waals surface area contributed by atoms with E-state index in [4.69, 9.17) is 16.3 Å². The molecule has 0 radical (unpaired) electrons. The van der Waals surface area contributed by atoms with Crippen LogP contribution in [0.25, 0.3) is 16.6 Å². The zero-order valence-corrected chi connectivity index (χ0v) is 22.5. The van der Waals surface area contributed by atoms with Gasteiger partial charge in [-0.15, -0.1) is 5.10 Å². The van der Waals surface area contributed by atoms with Crippen LogP contribution in [-0.4, -0.2) is 42.3 Å². The minimum absolute atomic E-state index is 0.0878. The number of carboxylic acids is 1. The monoisotopic (exact) mass is 556 g/mol. The van der Waals surface area contributed by atoms with Crippen LogP contribution in [-0.2, 0) is 6.61 Å². The highest BCUT2D eigenvalue weighted by molar-refractivity contribution is 6.31. The summed E-state index contributed by atoms with van der Waals surface area (Å²) >= 11 is 6.24. The van der Waals surface area contributed by atoms with Crippen LogP contribution in [0.1, 0.15) is 65.6 Å². The molecule has 1 aliphatic rings. The molecule has 10 heteroatoms. The lowest BCUT2D eigenvalue weighted by Crippen LogP contribution is -2.37. The van der Waals surface area contributed by atoms with Crippen molar-refractivity contribution in [3.63, 3.8) is 0 Å². The summed E-state index contributed by atoms with van der Waals surface area (Å²) in [6.45, 7) is 0.465. The molecule has 40 heavy (non-hydrogen) atoms. The first kappa shape index (κ1) is 26.0. The summed E-state index contributed by atoms with van der Waals surface area (Å²) in [5, 5.41) is 27.9. The topological polar surface area (TPSA) is 118 Å². The smallest absolute Gasteiger partial charge is 0.352 e. The van der Waals surface area contributed by atoms with Gasteiger partial charge in [0.15, 0.2) is 5.82 Å². The lowest BCUT2D eigenvalue weighted by Gasteiger charge is -2.28. The first-order valence-electron chi connectivity index (χ1n) is 13.4. The van der Waals surface area contributed by atoms with Crippen LogP contribution in [0, 0.1) is 0 Å². The Morgan fingerprint density at radius 3 is 2.60 bits per heavy atom. The number of aromatic amines is 1. The van der Waals surface area contributed by atoms with Gasteiger partial charge < -0.3 is 20.1 Å². The molecule has 0 saturated heterocycles. The summed E-state index contributed by atoms with van der Waals surface area (Å²) < 4.78 is 7.60. The molecule has 3 aromatic carbocycles. The van der Waals surface area contributed by atoms with Crippen LogP contribution in [0.2, 0.25) is 5.02 Å². The summed E-state index contributed by atoms with van der Waals surface area (Å²) in [6, 6.07) is 22.5. The lowest BCUT2D eigenvalue weighted by molar-refractivity contribution is 0.0689. The van der Waals surface area contributed by atoms with E-state index in [1.807, 2.05) is 60.7 Å². The van der Waals surface area contributed by atoms with E-state index in [-0.39, 0.29) is 11.7 Å². The molecule has 0 amide bonds. The average molecular weight is 557 g/mol. The first-order chi connectivity index (χ1) is 19.6. The van der Waals surface area contributed by atoms with Crippen molar-refractivity contribution in [2.24, 2.45) is 0 Å².